The molecule has 2 unspecified atom stereocenters. The topological polar surface area (TPSA) is 47.3 Å². The van der Waals surface area contributed by atoms with Crippen LogP contribution < -0.4 is 11.1 Å². The Morgan fingerprint density at radius 2 is 2.31 bits per heavy atom. The Balaban J connectivity index is 1.93. The normalized spacial score (nSPS) is 28.2. The molecule has 0 aliphatic carbocycles. The minimum absolute atomic E-state index is 0.446. The summed E-state index contributed by atoms with van der Waals surface area (Å²) in [7, 11) is 0. The first-order valence-electron chi connectivity index (χ1n) is 5.37. The van der Waals surface area contributed by atoms with Gasteiger partial charge in [0.05, 0.1) is 6.10 Å². The van der Waals surface area contributed by atoms with Gasteiger partial charge in [0.25, 0.3) is 0 Å². The average molecular weight is 186 g/mol. The van der Waals surface area contributed by atoms with Crippen LogP contribution in [0.25, 0.3) is 0 Å². The maximum atomic E-state index is 5.48. The van der Waals surface area contributed by atoms with E-state index < -0.39 is 0 Å². The van der Waals surface area contributed by atoms with E-state index in [1.807, 2.05) is 0 Å². The van der Waals surface area contributed by atoms with Gasteiger partial charge in [0.15, 0.2) is 0 Å². The Hall–Kier alpha value is -0.120. The number of nitrogens with two attached hydrogens (primary N) is 1. The molecule has 0 saturated carbocycles. The summed E-state index contributed by atoms with van der Waals surface area (Å²) in [5.74, 6) is 0.720. The van der Waals surface area contributed by atoms with Gasteiger partial charge in [-0.15, -0.1) is 0 Å². The predicted molar refractivity (Wildman–Crippen MR) is 54.7 cm³/mol. The van der Waals surface area contributed by atoms with Gasteiger partial charge in [-0.1, -0.05) is 0 Å². The maximum absolute atomic E-state index is 5.48. The summed E-state index contributed by atoms with van der Waals surface area (Å²) in [5, 5.41) is 3.46. The molecular weight excluding hydrogens is 164 g/mol. The number of rotatable bonds is 6. The van der Waals surface area contributed by atoms with Crippen molar-refractivity contribution in [3.05, 3.63) is 0 Å². The minimum atomic E-state index is 0.446. The second kappa shape index (κ2) is 6.35. The lowest BCUT2D eigenvalue weighted by Gasteiger charge is -2.14. The van der Waals surface area contributed by atoms with E-state index in [4.69, 9.17) is 10.5 Å². The predicted octanol–water partition coefficient (Wildman–Crippen LogP) is 0.740. The average Bonchev–Trinajstić information content (AvgIpc) is 2.52. The van der Waals surface area contributed by atoms with E-state index >= 15 is 0 Å². The van der Waals surface area contributed by atoms with Crippen LogP contribution in [0.5, 0.6) is 0 Å². The highest BCUT2D eigenvalue weighted by atomic mass is 16.5. The molecule has 3 nitrogen and oxygen atoms in total. The summed E-state index contributed by atoms with van der Waals surface area (Å²) < 4.78 is 5.48. The van der Waals surface area contributed by atoms with Gasteiger partial charge in [-0.3, -0.25) is 0 Å². The fraction of sp³-hybridized carbons (Fsp3) is 1.00. The monoisotopic (exact) mass is 186 g/mol. The molecule has 2 atom stereocenters. The van der Waals surface area contributed by atoms with Crippen LogP contribution in [0.1, 0.15) is 26.2 Å². The second-order valence-corrected chi connectivity index (χ2v) is 3.82. The Morgan fingerprint density at radius 1 is 1.46 bits per heavy atom. The zero-order valence-corrected chi connectivity index (χ0v) is 8.59. The third-order valence-electron chi connectivity index (χ3n) is 2.75. The molecule has 0 aromatic carbocycles. The van der Waals surface area contributed by atoms with Crippen LogP contribution in [0.15, 0.2) is 0 Å². The molecule has 13 heavy (non-hydrogen) atoms. The van der Waals surface area contributed by atoms with Gasteiger partial charge < -0.3 is 15.8 Å². The van der Waals surface area contributed by atoms with E-state index in [1.54, 1.807) is 0 Å². The van der Waals surface area contributed by atoms with Gasteiger partial charge in [-0.2, -0.15) is 0 Å². The van der Waals surface area contributed by atoms with Gasteiger partial charge in [0.2, 0.25) is 0 Å². The summed E-state index contributed by atoms with van der Waals surface area (Å²) in [6, 6.07) is 0. The van der Waals surface area contributed by atoms with Crippen LogP contribution in [-0.2, 0) is 4.74 Å². The third-order valence-corrected chi connectivity index (χ3v) is 2.75. The summed E-state index contributed by atoms with van der Waals surface area (Å²) >= 11 is 0. The van der Waals surface area contributed by atoms with E-state index in [2.05, 4.69) is 12.2 Å². The van der Waals surface area contributed by atoms with Crippen molar-refractivity contribution >= 4 is 0 Å². The molecule has 0 aromatic rings. The van der Waals surface area contributed by atoms with Gasteiger partial charge >= 0.3 is 0 Å². The quantitative estimate of drug-likeness (QED) is 0.601. The molecule has 3 heteroatoms. The molecule has 0 aromatic heterocycles. The van der Waals surface area contributed by atoms with E-state index in [1.165, 1.54) is 12.8 Å². The van der Waals surface area contributed by atoms with E-state index in [0.717, 1.165) is 38.6 Å². The lowest BCUT2D eigenvalue weighted by atomic mass is 10.0. The molecular formula is C10H22N2O. The molecule has 1 fully saturated rings. The molecule has 0 radical (unpaired) electrons. The molecule has 1 rings (SSSR count). The van der Waals surface area contributed by atoms with Crippen molar-refractivity contribution in [2.75, 3.05) is 26.2 Å². The molecule has 0 amide bonds. The van der Waals surface area contributed by atoms with Crippen LogP contribution in [-0.4, -0.2) is 32.3 Å². The van der Waals surface area contributed by atoms with Crippen LogP contribution in [0, 0.1) is 5.92 Å². The minimum Gasteiger partial charge on any atom is -0.378 e. The first-order chi connectivity index (χ1) is 6.34. The smallest absolute Gasteiger partial charge is 0.0588 e. The van der Waals surface area contributed by atoms with Gasteiger partial charge in [0, 0.05) is 13.2 Å². The van der Waals surface area contributed by atoms with Crippen molar-refractivity contribution in [1.29, 1.82) is 0 Å². The molecule has 1 heterocycles. The van der Waals surface area contributed by atoms with Gasteiger partial charge in [-0.05, 0) is 45.2 Å². The SMILES string of the molecule is CC1OCCC1CNCCCCN. The molecule has 0 bridgehead atoms. The van der Waals surface area contributed by atoms with Crippen LogP contribution in [0.2, 0.25) is 0 Å². The Morgan fingerprint density at radius 3 is 2.92 bits per heavy atom. The van der Waals surface area contributed by atoms with Gasteiger partial charge in [0.1, 0.15) is 0 Å². The highest BCUT2D eigenvalue weighted by Crippen LogP contribution is 2.18. The lowest BCUT2D eigenvalue weighted by molar-refractivity contribution is 0.105. The van der Waals surface area contributed by atoms with Crippen molar-refractivity contribution in [3.63, 3.8) is 0 Å². The Labute approximate surface area is 81.0 Å². The molecule has 1 saturated heterocycles. The van der Waals surface area contributed by atoms with Crippen molar-refractivity contribution in [2.45, 2.75) is 32.3 Å². The van der Waals surface area contributed by atoms with E-state index in [-0.39, 0.29) is 0 Å². The summed E-state index contributed by atoms with van der Waals surface area (Å²) in [6.07, 6.45) is 3.98. The standard InChI is InChI=1S/C10H22N2O/c1-9-10(4-7-13-9)8-12-6-3-2-5-11/h9-10,12H,2-8,11H2,1H3. The van der Waals surface area contributed by atoms with Gasteiger partial charge in [-0.25, -0.2) is 0 Å². The molecule has 1 aliphatic rings. The fourth-order valence-electron chi connectivity index (χ4n) is 1.73. The van der Waals surface area contributed by atoms with Crippen molar-refractivity contribution in [3.8, 4) is 0 Å². The van der Waals surface area contributed by atoms with Crippen LogP contribution >= 0.6 is 0 Å². The second-order valence-electron chi connectivity index (χ2n) is 3.82. The number of hydrogen-bond donors (Lipinski definition) is 2. The number of hydrogen-bond acceptors (Lipinski definition) is 3. The third kappa shape index (κ3) is 4.07. The number of unbranched alkanes of at least 4 members (excludes halogenated alkanes) is 1. The summed E-state index contributed by atoms with van der Waals surface area (Å²) in [5.41, 5.74) is 5.41. The highest BCUT2D eigenvalue weighted by molar-refractivity contribution is 4.74. The lowest BCUT2D eigenvalue weighted by Crippen LogP contribution is -2.27. The number of ether oxygens (including phenoxy) is 1. The van der Waals surface area contributed by atoms with E-state index in [0.29, 0.717) is 6.10 Å². The zero-order valence-electron chi connectivity index (χ0n) is 8.59. The summed E-state index contributed by atoms with van der Waals surface area (Å²) in [4.78, 5) is 0. The molecule has 1 aliphatic heterocycles. The molecule has 3 N–H and O–H groups in total. The fourth-order valence-corrected chi connectivity index (χ4v) is 1.73. The van der Waals surface area contributed by atoms with Crippen LogP contribution in [0.4, 0.5) is 0 Å². The highest BCUT2D eigenvalue weighted by Gasteiger charge is 2.23. The van der Waals surface area contributed by atoms with Crippen molar-refractivity contribution in [1.82, 2.24) is 5.32 Å². The molecule has 0 spiro atoms. The first kappa shape index (κ1) is 11.0. The maximum Gasteiger partial charge on any atom is 0.0588 e. The zero-order chi connectivity index (χ0) is 9.52. The Kier molecular flexibility index (Phi) is 5.35. The largest absolute Gasteiger partial charge is 0.378 e. The first-order valence-corrected chi connectivity index (χ1v) is 5.37. The molecule has 78 valence electrons. The van der Waals surface area contributed by atoms with E-state index in [9.17, 15) is 0 Å². The van der Waals surface area contributed by atoms with Crippen LogP contribution in [0.3, 0.4) is 0 Å². The van der Waals surface area contributed by atoms with Crippen molar-refractivity contribution < 1.29 is 4.74 Å². The summed E-state index contributed by atoms with van der Waals surface area (Å²) in [6.45, 7) is 6.12. The number of nitrogens with one attached hydrogen (secondary N) is 1. The Bertz CT molecular complexity index is 130. The van der Waals surface area contributed by atoms with Crippen molar-refractivity contribution in [2.24, 2.45) is 11.7 Å².